The van der Waals surface area contributed by atoms with Crippen molar-refractivity contribution in [3.8, 4) is 5.75 Å². The number of benzene rings is 1. The Hall–Kier alpha value is -2.23. The number of anilines is 1. The summed E-state index contributed by atoms with van der Waals surface area (Å²) in [5.74, 6) is 0.658. The molecule has 0 unspecified atom stereocenters. The summed E-state index contributed by atoms with van der Waals surface area (Å²) in [6, 6.07) is 9.61. The van der Waals surface area contributed by atoms with E-state index in [2.05, 4.69) is 38.2 Å². The quantitative estimate of drug-likeness (QED) is 0.701. The van der Waals surface area contributed by atoms with Gasteiger partial charge in [0.05, 0.1) is 13.2 Å². The topological polar surface area (TPSA) is 43.3 Å². The Labute approximate surface area is 144 Å². The van der Waals surface area contributed by atoms with E-state index >= 15 is 0 Å². The van der Waals surface area contributed by atoms with Gasteiger partial charge in [-0.2, -0.15) is 0 Å². The third kappa shape index (κ3) is 4.88. The molecule has 4 nitrogen and oxygen atoms in total. The molecule has 1 aromatic heterocycles. The van der Waals surface area contributed by atoms with Crippen LogP contribution in [-0.2, 0) is 6.54 Å². The van der Waals surface area contributed by atoms with Gasteiger partial charge in [0.25, 0.3) is 5.56 Å². The van der Waals surface area contributed by atoms with Crippen molar-refractivity contribution >= 4 is 5.69 Å². The molecule has 0 aliphatic carbocycles. The van der Waals surface area contributed by atoms with Crippen LogP contribution in [0.4, 0.5) is 5.69 Å². The lowest BCUT2D eigenvalue weighted by Gasteiger charge is -2.14. The summed E-state index contributed by atoms with van der Waals surface area (Å²) in [6.45, 7) is 8.45. The predicted octanol–water partition coefficient (Wildman–Crippen LogP) is 4.21. The van der Waals surface area contributed by atoms with Crippen LogP contribution >= 0.6 is 0 Å². The van der Waals surface area contributed by atoms with Gasteiger partial charge < -0.3 is 14.6 Å². The van der Waals surface area contributed by atoms with E-state index in [9.17, 15) is 4.79 Å². The van der Waals surface area contributed by atoms with Crippen LogP contribution in [0.25, 0.3) is 0 Å². The second-order valence-electron chi connectivity index (χ2n) is 6.00. The fourth-order valence-electron chi connectivity index (χ4n) is 2.67. The summed E-state index contributed by atoms with van der Waals surface area (Å²) in [5.41, 5.74) is 3.42. The van der Waals surface area contributed by atoms with Crippen LogP contribution < -0.4 is 15.6 Å². The molecule has 1 heterocycles. The molecule has 0 atom stereocenters. The Kier molecular flexibility index (Phi) is 6.91. The van der Waals surface area contributed by atoms with Crippen LogP contribution in [-0.4, -0.2) is 17.7 Å². The highest BCUT2D eigenvalue weighted by Crippen LogP contribution is 2.19. The Morgan fingerprint density at radius 2 is 2.00 bits per heavy atom. The zero-order valence-electron chi connectivity index (χ0n) is 15.0. The van der Waals surface area contributed by atoms with Crippen LogP contribution in [0.5, 0.6) is 5.75 Å². The van der Waals surface area contributed by atoms with Crippen molar-refractivity contribution in [3.05, 3.63) is 58.0 Å². The molecular weight excluding hydrogens is 300 g/mol. The molecule has 2 rings (SSSR count). The zero-order chi connectivity index (χ0) is 17.4. The van der Waals surface area contributed by atoms with Crippen LogP contribution in [0.2, 0.25) is 0 Å². The summed E-state index contributed by atoms with van der Waals surface area (Å²) in [5, 5.41) is 3.35. The first-order valence-electron chi connectivity index (χ1n) is 8.81. The van der Waals surface area contributed by atoms with Gasteiger partial charge in [-0.3, -0.25) is 4.79 Å². The van der Waals surface area contributed by atoms with Gasteiger partial charge >= 0.3 is 0 Å². The molecule has 0 bridgehead atoms. The summed E-state index contributed by atoms with van der Waals surface area (Å²) < 4.78 is 7.36. The fourth-order valence-corrected chi connectivity index (χ4v) is 2.67. The van der Waals surface area contributed by atoms with Gasteiger partial charge in [-0.05, 0) is 43.5 Å². The number of nitrogens with zero attached hydrogens (tertiary/aromatic N) is 1. The number of hydrogen-bond donors (Lipinski definition) is 1. The summed E-state index contributed by atoms with van der Waals surface area (Å²) in [7, 11) is 0. The van der Waals surface area contributed by atoms with Gasteiger partial charge in [0, 0.05) is 24.5 Å². The molecule has 0 spiro atoms. The zero-order valence-corrected chi connectivity index (χ0v) is 15.0. The Morgan fingerprint density at radius 1 is 1.17 bits per heavy atom. The minimum Gasteiger partial charge on any atom is -0.493 e. The predicted molar refractivity (Wildman–Crippen MR) is 100 cm³/mol. The highest BCUT2D eigenvalue weighted by molar-refractivity contribution is 5.54. The molecule has 1 N–H and O–H groups in total. The largest absolute Gasteiger partial charge is 0.493 e. The van der Waals surface area contributed by atoms with Crippen molar-refractivity contribution in [1.82, 2.24) is 4.57 Å². The first-order valence-corrected chi connectivity index (χ1v) is 8.81. The van der Waals surface area contributed by atoms with Crippen molar-refractivity contribution in [2.24, 2.45) is 0 Å². The fraction of sp³-hybridized carbons (Fsp3) is 0.450. The van der Waals surface area contributed by atoms with Gasteiger partial charge in [0.15, 0.2) is 0 Å². The minimum atomic E-state index is -0.0313. The van der Waals surface area contributed by atoms with Crippen molar-refractivity contribution in [1.29, 1.82) is 0 Å². The molecule has 0 radical (unpaired) electrons. The number of unbranched alkanes of at least 4 members (excludes halogenated alkanes) is 2. The lowest BCUT2D eigenvalue weighted by molar-refractivity contribution is 0.305. The van der Waals surface area contributed by atoms with Gasteiger partial charge in [0.2, 0.25) is 0 Å². The highest BCUT2D eigenvalue weighted by Gasteiger charge is 2.06. The molecule has 0 saturated heterocycles. The molecule has 2 aromatic rings. The van der Waals surface area contributed by atoms with Crippen LogP contribution in [0.3, 0.4) is 0 Å². The van der Waals surface area contributed by atoms with Crippen molar-refractivity contribution in [2.45, 2.75) is 46.6 Å². The second-order valence-corrected chi connectivity index (χ2v) is 6.00. The molecule has 0 aliphatic heterocycles. The number of hydrogen-bond acceptors (Lipinski definition) is 3. The number of aromatic nitrogens is 1. The van der Waals surface area contributed by atoms with E-state index in [0.717, 1.165) is 37.1 Å². The summed E-state index contributed by atoms with van der Waals surface area (Å²) in [4.78, 5) is 12.3. The molecule has 130 valence electrons. The summed E-state index contributed by atoms with van der Waals surface area (Å²) in [6.07, 6.45) is 5.15. The third-order valence-corrected chi connectivity index (χ3v) is 4.14. The van der Waals surface area contributed by atoms with E-state index in [0.29, 0.717) is 18.9 Å². The average Bonchev–Trinajstić information content (AvgIpc) is 2.57. The number of pyridine rings is 1. The van der Waals surface area contributed by atoms with Crippen LogP contribution in [0.15, 0.2) is 41.3 Å². The normalized spacial score (nSPS) is 10.6. The minimum absolute atomic E-state index is 0.0313. The number of nitrogens with one attached hydrogen (secondary N) is 1. The van der Waals surface area contributed by atoms with E-state index < -0.39 is 0 Å². The standard InChI is InChI=1S/C20H28N2O2/c1-4-6-7-13-24-18-11-12-22(20(23)14-18)15-17-9-8-10-19(16(17)3)21-5-2/h8-12,14,21H,4-7,13,15H2,1-3H3. The van der Waals surface area contributed by atoms with Gasteiger partial charge in [-0.15, -0.1) is 0 Å². The van der Waals surface area contributed by atoms with E-state index in [1.165, 1.54) is 5.56 Å². The van der Waals surface area contributed by atoms with Crippen LogP contribution in [0, 0.1) is 6.92 Å². The Morgan fingerprint density at radius 3 is 2.71 bits per heavy atom. The monoisotopic (exact) mass is 328 g/mol. The van der Waals surface area contributed by atoms with E-state index in [1.807, 2.05) is 18.3 Å². The Balaban J connectivity index is 2.08. The maximum atomic E-state index is 12.3. The Bertz CT molecular complexity index is 707. The number of rotatable bonds is 9. The lowest BCUT2D eigenvalue weighted by Crippen LogP contribution is -2.20. The van der Waals surface area contributed by atoms with Crippen molar-refractivity contribution < 1.29 is 4.74 Å². The molecular formula is C20H28N2O2. The van der Waals surface area contributed by atoms with Gasteiger partial charge in [-0.1, -0.05) is 31.9 Å². The summed E-state index contributed by atoms with van der Waals surface area (Å²) >= 11 is 0. The second kappa shape index (κ2) is 9.16. The highest BCUT2D eigenvalue weighted by atomic mass is 16.5. The average molecular weight is 328 g/mol. The molecule has 24 heavy (non-hydrogen) atoms. The first-order chi connectivity index (χ1) is 11.7. The van der Waals surface area contributed by atoms with Crippen molar-refractivity contribution in [2.75, 3.05) is 18.5 Å². The smallest absolute Gasteiger partial charge is 0.254 e. The molecule has 4 heteroatoms. The lowest BCUT2D eigenvalue weighted by atomic mass is 10.1. The molecule has 0 amide bonds. The molecule has 0 fully saturated rings. The maximum Gasteiger partial charge on any atom is 0.254 e. The van der Waals surface area contributed by atoms with Crippen molar-refractivity contribution in [3.63, 3.8) is 0 Å². The van der Waals surface area contributed by atoms with Crippen LogP contribution in [0.1, 0.15) is 44.2 Å². The number of ether oxygens (including phenoxy) is 1. The molecule has 0 aliphatic rings. The van der Waals surface area contributed by atoms with E-state index in [-0.39, 0.29) is 5.56 Å². The molecule has 0 saturated carbocycles. The first kappa shape index (κ1) is 18.1. The van der Waals surface area contributed by atoms with E-state index in [4.69, 9.17) is 4.74 Å². The van der Waals surface area contributed by atoms with Gasteiger partial charge in [-0.25, -0.2) is 0 Å². The maximum absolute atomic E-state index is 12.3. The van der Waals surface area contributed by atoms with Gasteiger partial charge in [0.1, 0.15) is 5.75 Å². The molecule has 1 aromatic carbocycles. The third-order valence-electron chi connectivity index (χ3n) is 4.14. The SMILES string of the molecule is CCCCCOc1ccn(Cc2cccc(NCC)c2C)c(=O)c1. The van der Waals surface area contributed by atoms with E-state index in [1.54, 1.807) is 10.6 Å².